The van der Waals surface area contributed by atoms with Crippen molar-refractivity contribution in [2.75, 3.05) is 0 Å². The third-order valence-corrected chi connectivity index (χ3v) is 0. The van der Waals surface area contributed by atoms with Crippen LogP contribution < -0.4 is 24.8 Å². The molecule has 0 aliphatic carbocycles. The minimum atomic E-state index is 0. The van der Waals surface area contributed by atoms with Crippen LogP contribution in [0.4, 0.5) is 0 Å². The number of halogens is 2. The molecule has 4 heteroatoms. The molecule has 0 saturated carbocycles. The van der Waals surface area contributed by atoms with Crippen LogP contribution in [0, 0.1) is 0 Å². The maximum atomic E-state index is 2.14. The maximum Gasteiger partial charge on any atom is 2.00 e. The van der Waals surface area contributed by atoms with Crippen LogP contribution in [0.2, 0.25) is 6.55 Å². The summed E-state index contributed by atoms with van der Waals surface area (Å²) in [5, 5.41) is 0. The summed E-state index contributed by atoms with van der Waals surface area (Å²) in [5.74, 6) is 0. The van der Waals surface area contributed by atoms with Crippen LogP contribution in [-0.4, -0.2) is 10.2 Å². The predicted molar refractivity (Wildman–Crippen MR) is 15.8 cm³/mol. The fourth-order valence-corrected chi connectivity index (χ4v) is 0. The smallest absolute Gasteiger partial charge is 1.00 e. The first-order valence-corrected chi connectivity index (χ1v) is 3.00. The molecule has 0 atom stereocenters. The van der Waals surface area contributed by atoms with Gasteiger partial charge in [-0.1, -0.05) is 6.55 Å². The second kappa shape index (κ2) is 44.1. The molecule has 5 heavy (non-hydrogen) atoms. The molecule has 0 aromatic carbocycles. The first-order valence-electron chi connectivity index (χ1n) is 1.00. The molecule has 0 amide bonds. The molecule has 0 aromatic heterocycles. The summed E-state index contributed by atoms with van der Waals surface area (Å²) in [6, 6.07) is 0. The van der Waals surface area contributed by atoms with Gasteiger partial charge in [0.1, 0.15) is 0 Å². The molecular weight excluding hydrogens is 202 g/mol. The molecule has 0 nitrogen and oxygen atoms in total. The molecule has 0 saturated heterocycles. The largest absolute Gasteiger partial charge is 2.00 e. The molecule has 0 N–H and O–H groups in total. The Morgan fingerprint density at radius 3 is 1.00 bits per heavy atom. The van der Waals surface area contributed by atoms with Gasteiger partial charge in [0.2, 0.25) is 0 Å². The first-order chi connectivity index (χ1) is 1.00. The average Bonchev–Trinajstić information content (AvgIpc) is 1.00. The quantitative estimate of drug-likeness (QED) is 0.347. The van der Waals surface area contributed by atoms with Gasteiger partial charge in [0.25, 0.3) is 0 Å². The van der Waals surface area contributed by atoms with E-state index in [1.165, 1.54) is 10.2 Å². The maximum absolute atomic E-state index is 2.14. The van der Waals surface area contributed by atoms with Gasteiger partial charge in [0.05, 0.1) is 0 Å². The molecule has 0 unspecified atom stereocenters. The number of rotatable bonds is 0. The summed E-state index contributed by atoms with van der Waals surface area (Å²) in [6.45, 7) is 2.14. The average molecular weight is 208 g/mol. The molecule has 32 valence electrons. The van der Waals surface area contributed by atoms with Crippen molar-refractivity contribution in [1.29, 1.82) is 0 Å². The molecule has 0 bridgehead atoms. The molecular formula is CH6Cl2SiZr. The SMILES string of the molecule is C[SiH3].[Cl-].[Cl-].[Zr+2]. The van der Waals surface area contributed by atoms with Crippen molar-refractivity contribution < 1.29 is 51.0 Å². The fourth-order valence-electron chi connectivity index (χ4n) is 0. The van der Waals surface area contributed by atoms with E-state index in [4.69, 9.17) is 0 Å². The number of hydrogen-bond acceptors (Lipinski definition) is 0. The van der Waals surface area contributed by atoms with Crippen molar-refractivity contribution in [2.24, 2.45) is 0 Å². The van der Waals surface area contributed by atoms with Gasteiger partial charge < -0.3 is 24.8 Å². The Labute approximate surface area is 67.5 Å². The van der Waals surface area contributed by atoms with Crippen LogP contribution in [0.15, 0.2) is 0 Å². The Hall–Kier alpha value is 1.68. The van der Waals surface area contributed by atoms with Gasteiger partial charge in [-0.3, -0.25) is 0 Å². The van der Waals surface area contributed by atoms with E-state index in [9.17, 15) is 0 Å². The summed E-state index contributed by atoms with van der Waals surface area (Å²) in [5.41, 5.74) is 0. The van der Waals surface area contributed by atoms with Crippen molar-refractivity contribution in [3.63, 3.8) is 0 Å². The Kier molecular flexibility index (Phi) is 265. The standard InChI is InChI=1S/CH6Si.2ClH.Zr/c1-2;;;/h1-2H3;2*1H;/q;;;+2/p-2. The Bertz CT molecular complexity index is 9.61. The van der Waals surface area contributed by atoms with Crippen molar-refractivity contribution in [3.05, 3.63) is 0 Å². The second-order valence-electron chi connectivity index (χ2n) is 0. The monoisotopic (exact) mass is 206 g/mol. The summed E-state index contributed by atoms with van der Waals surface area (Å²) in [6.07, 6.45) is 0. The van der Waals surface area contributed by atoms with E-state index in [1.54, 1.807) is 0 Å². The van der Waals surface area contributed by atoms with E-state index >= 15 is 0 Å². The van der Waals surface area contributed by atoms with E-state index in [2.05, 4.69) is 6.55 Å². The van der Waals surface area contributed by atoms with Gasteiger partial charge >= 0.3 is 26.2 Å². The summed E-state index contributed by atoms with van der Waals surface area (Å²) in [4.78, 5) is 0. The van der Waals surface area contributed by atoms with Crippen molar-refractivity contribution >= 4 is 10.2 Å². The molecule has 0 spiro atoms. The van der Waals surface area contributed by atoms with E-state index in [0.717, 1.165) is 0 Å². The number of hydrogen-bond donors (Lipinski definition) is 0. The third-order valence-electron chi connectivity index (χ3n) is 0. The minimum absolute atomic E-state index is 0. The zero-order valence-corrected chi connectivity index (χ0v) is 9.23. The Morgan fingerprint density at radius 2 is 1.00 bits per heavy atom. The van der Waals surface area contributed by atoms with E-state index in [-0.39, 0.29) is 51.0 Å². The first kappa shape index (κ1) is 30.0. The van der Waals surface area contributed by atoms with Crippen molar-refractivity contribution in [3.8, 4) is 0 Å². The van der Waals surface area contributed by atoms with Crippen LogP contribution in [0.1, 0.15) is 0 Å². The van der Waals surface area contributed by atoms with Gasteiger partial charge in [-0.05, 0) is 10.2 Å². The van der Waals surface area contributed by atoms with E-state index < -0.39 is 0 Å². The van der Waals surface area contributed by atoms with E-state index in [0.29, 0.717) is 0 Å². The minimum Gasteiger partial charge on any atom is -1.00 e. The molecule has 0 aliphatic rings. The van der Waals surface area contributed by atoms with Gasteiger partial charge in [-0.25, -0.2) is 0 Å². The van der Waals surface area contributed by atoms with Crippen molar-refractivity contribution in [1.82, 2.24) is 0 Å². The third kappa shape index (κ3) is 27.3. The zero-order valence-electron chi connectivity index (χ0n) is 3.26. The summed E-state index contributed by atoms with van der Waals surface area (Å²) in [7, 11) is 1.31. The van der Waals surface area contributed by atoms with Crippen LogP contribution in [0.5, 0.6) is 0 Å². The Balaban J connectivity index is -0.00000000167. The van der Waals surface area contributed by atoms with Crippen LogP contribution in [-0.2, 0) is 26.2 Å². The molecule has 0 aliphatic heterocycles. The molecule has 0 fully saturated rings. The van der Waals surface area contributed by atoms with Crippen LogP contribution >= 0.6 is 0 Å². The molecule has 0 rings (SSSR count). The normalized spacial score (nSPS) is 1.80. The summed E-state index contributed by atoms with van der Waals surface area (Å²) >= 11 is 0. The topological polar surface area (TPSA) is 0 Å². The second-order valence-corrected chi connectivity index (χ2v) is 0. The van der Waals surface area contributed by atoms with Crippen LogP contribution in [0.25, 0.3) is 0 Å². The molecule has 0 heterocycles. The Morgan fingerprint density at radius 1 is 1.00 bits per heavy atom. The van der Waals surface area contributed by atoms with E-state index in [1.807, 2.05) is 0 Å². The van der Waals surface area contributed by atoms with Crippen LogP contribution in [0.3, 0.4) is 0 Å². The van der Waals surface area contributed by atoms with Gasteiger partial charge in [-0.2, -0.15) is 0 Å². The summed E-state index contributed by atoms with van der Waals surface area (Å²) < 4.78 is 0. The van der Waals surface area contributed by atoms with Gasteiger partial charge in [0.15, 0.2) is 0 Å². The molecule has 0 radical (unpaired) electrons. The molecule has 0 aromatic rings. The van der Waals surface area contributed by atoms with Crippen molar-refractivity contribution in [2.45, 2.75) is 6.55 Å². The fraction of sp³-hybridized carbons (Fsp3) is 1.00. The predicted octanol–water partition coefficient (Wildman–Crippen LogP) is -6.59. The zero-order chi connectivity index (χ0) is 2.00. The van der Waals surface area contributed by atoms with Gasteiger partial charge in [0, 0.05) is 0 Å². The van der Waals surface area contributed by atoms with Gasteiger partial charge in [-0.15, -0.1) is 0 Å².